The van der Waals surface area contributed by atoms with Crippen LogP contribution in [0.1, 0.15) is 5.56 Å². The van der Waals surface area contributed by atoms with Gasteiger partial charge in [-0.15, -0.1) is 0 Å². The molecular formula is C14H18ClFN2O2S. The molecule has 2 fully saturated rings. The van der Waals surface area contributed by atoms with Gasteiger partial charge in [-0.25, -0.2) is 12.8 Å². The number of hydrogen-bond donors (Lipinski definition) is 0. The quantitative estimate of drug-likeness (QED) is 0.821. The van der Waals surface area contributed by atoms with E-state index in [0.29, 0.717) is 30.2 Å². The van der Waals surface area contributed by atoms with Crippen LogP contribution in [0.15, 0.2) is 18.2 Å². The molecule has 7 heteroatoms. The molecule has 2 aliphatic heterocycles. The van der Waals surface area contributed by atoms with E-state index in [1.807, 2.05) is 0 Å². The molecular weight excluding hydrogens is 315 g/mol. The van der Waals surface area contributed by atoms with Crippen LogP contribution in [0, 0.1) is 5.82 Å². The highest BCUT2D eigenvalue weighted by molar-refractivity contribution is 7.91. The van der Waals surface area contributed by atoms with Gasteiger partial charge >= 0.3 is 0 Å². The zero-order valence-electron chi connectivity index (χ0n) is 11.6. The first-order valence-electron chi connectivity index (χ1n) is 7.04. The van der Waals surface area contributed by atoms with Crippen LogP contribution in [0.5, 0.6) is 0 Å². The predicted molar refractivity (Wildman–Crippen MR) is 80.7 cm³/mol. The summed E-state index contributed by atoms with van der Waals surface area (Å²) in [5.41, 5.74) is 0.492. The highest BCUT2D eigenvalue weighted by Gasteiger charge is 2.35. The number of hydrogen-bond acceptors (Lipinski definition) is 4. The van der Waals surface area contributed by atoms with Crippen molar-refractivity contribution in [2.75, 3.05) is 37.7 Å². The van der Waals surface area contributed by atoms with Gasteiger partial charge in [0.2, 0.25) is 0 Å². The second-order valence-corrected chi connectivity index (χ2v) is 8.38. The lowest BCUT2D eigenvalue weighted by Gasteiger charge is -2.43. The molecule has 0 spiro atoms. The Morgan fingerprint density at radius 3 is 2.86 bits per heavy atom. The molecule has 1 aromatic rings. The van der Waals surface area contributed by atoms with Crippen molar-refractivity contribution in [2.24, 2.45) is 0 Å². The average molecular weight is 333 g/mol. The molecule has 0 aliphatic carbocycles. The summed E-state index contributed by atoms with van der Waals surface area (Å²) in [6, 6.07) is 4.69. The maximum atomic E-state index is 13.8. The number of rotatable bonds is 2. The monoisotopic (exact) mass is 332 g/mol. The van der Waals surface area contributed by atoms with Gasteiger partial charge in [0.15, 0.2) is 9.84 Å². The Kier molecular flexibility index (Phi) is 4.23. The second kappa shape index (κ2) is 5.83. The summed E-state index contributed by atoms with van der Waals surface area (Å²) in [6.45, 7) is 3.31. The molecule has 0 saturated carbocycles. The van der Waals surface area contributed by atoms with Gasteiger partial charge in [-0.3, -0.25) is 9.80 Å². The molecule has 0 aromatic heterocycles. The fourth-order valence-electron chi connectivity index (χ4n) is 3.09. The first-order chi connectivity index (χ1) is 9.94. The molecule has 2 heterocycles. The van der Waals surface area contributed by atoms with Crippen molar-refractivity contribution in [3.8, 4) is 0 Å². The summed E-state index contributed by atoms with van der Waals surface area (Å²) in [4.78, 5) is 4.31. The Balaban J connectivity index is 1.71. The second-order valence-electron chi connectivity index (χ2n) is 5.74. The summed E-state index contributed by atoms with van der Waals surface area (Å²) in [7, 11) is -2.93. The van der Waals surface area contributed by atoms with Crippen LogP contribution >= 0.6 is 11.6 Å². The normalized spacial score (nSPS) is 26.5. The van der Waals surface area contributed by atoms with E-state index in [1.54, 1.807) is 12.1 Å². The van der Waals surface area contributed by atoms with E-state index in [4.69, 9.17) is 11.6 Å². The highest BCUT2D eigenvalue weighted by atomic mass is 35.5. The Labute approximate surface area is 129 Å². The third-order valence-electron chi connectivity index (χ3n) is 4.27. The lowest BCUT2D eigenvalue weighted by Crippen LogP contribution is -2.59. The molecule has 0 N–H and O–H groups in total. The van der Waals surface area contributed by atoms with E-state index in [2.05, 4.69) is 9.80 Å². The highest BCUT2D eigenvalue weighted by Crippen LogP contribution is 2.23. The topological polar surface area (TPSA) is 40.6 Å². The molecule has 0 amide bonds. The molecule has 0 bridgehead atoms. The first kappa shape index (κ1) is 15.2. The molecule has 0 radical (unpaired) electrons. The third kappa shape index (κ3) is 3.39. The molecule has 1 unspecified atom stereocenters. The maximum Gasteiger partial charge on any atom is 0.153 e. The van der Waals surface area contributed by atoms with Gasteiger partial charge in [-0.2, -0.15) is 0 Å². The Morgan fingerprint density at radius 1 is 1.29 bits per heavy atom. The van der Waals surface area contributed by atoms with Gasteiger partial charge in [0.05, 0.1) is 11.5 Å². The SMILES string of the molecule is O=S1(=O)CCN2CCN(Cc3c(F)cccc3Cl)CC2C1. The Bertz CT molecular complexity index is 618. The van der Waals surface area contributed by atoms with Gasteiger partial charge in [0.25, 0.3) is 0 Å². The number of benzene rings is 1. The molecule has 4 nitrogen and oxygen atoms in total. The van der Waals surface area contributed by atoms with Gasteiger partial charge in [-0.1, -0.05) is 17.7 Å². The fourth-order valence-corrected chi connectivity index (χ4v) is 4.90. The van der Waals surface area contributed by atoms with Crippen LogP contribution < -0.4 is 0 Å². The van der Waals surface area contributed by atoms with Crippen molar-refractivity contribution in [3.63, 3.8) is 0 Å². The van der Waals surface area contributed by atoms with Crippen LogP contribution in [-0.4, -0.2) is 61.9 Å². The lowest BCUT2D eigenvalue weighted by atomic mass is 10.1. The van der Waals surface area contributed by atoms with Crippen LogP contribution in [0.25, 0.3) is 0 Å². The zero-order valence-corrected chi connectivity index (χ0v) is 13.2. The molecule has 1 aromatic carbocycles. The fraction of sp³-hybridized carbons (Fsp3) is 0.571. The van der Waals surface area contributed by atoms with Crippen LogP contribution in [0.3, 0.4) is 0 Å². The van der Waals surface area contributed by atoms with E-state index in [1.165, 1.54) is 6.07 Å². The van der Waals surface area contributed by atoms with Gasteiger partial charge < -0.3 is 0 Å². The van der Waals surface area contributed by atoms with Crippen LogP contribution in [0.4, 0.5) is 4.39 Å². The van der Waals surface area contributed by atoms with Crippen LogP contribution in [-0.2, 0) is 16.4 Å². The lowest BCUT2D eigenvalue weighted by molar-refractivity contribution is 0.0804. The van der Waals surface area contributed by atoms with E-state index < -0.39 is 9.84 Å². The molecule has 21 heavy (non-hydrogen) atoms. The third-order valence-corrected chi connectivity index (χ3v) is 6.32. The largest absolute Gasteiger partial charge is 0.296 e. The summed E-state index contributed by atoms with van der Waals surface area (Å²) in [5.74, 6) is 0.151. The zero-order chi connectivity index (χ0) is 15.0. The number of sulfone groups is 1. The average Bonchev–Trinajstić information content (AvgIpc) is 2.41. The minimum absolute atomic E-state index is 0.0167. The molecule has 3 rings (SSSR count). The summed E-state index contributed by atoms with van der Waals surface area (Å²) in [6.07, 6.45) is 0. The first-order valence-corrected chi connectivity index (χ1v) is 9.24. The van der Waals surface area contributed by atoms with Crippen molar-refractivity contribution < 1.29 is 12.8 Å². The Hall–Kier alpha value is -0.690. The van der Waals surface area contributed by atoms with Crippen molar-refractivity contribution >= 4 is 21.4 Å². The number of fused-ring (bicyclic) bond motifs is 1. The summed E-state index contributed by atoms with van der Waals surface area (Å²) < 4.78 is 37.3. The Morgan fingerprint density at radius 2 is 2.10 bits per heavy atom. The van der Waals surface area contributed by atoms with Crippen molar-refractivity contribution in [2.45, 2.75) is 12.6 Å². The minimum Gasteiger partial charge on any atom is -0.296 e. The molecule has 2 saturated heterocycles. The summed E-state index contributed by atoms with van der Waals surface area (Å²) >= 11 is 6.06. The van der Waals surface area contributed by atoms with E-state index in [-0.39, 0.29) is 23.4 Å². The standard InChI is InChI=1S/C14H18ClFN2O2S/c15-13-2-1-3-14(16)12(13)9-17-4-5-18-6-7-21(19,20)10-11(18)8-17/h1-3,11H,4-10H2. The van der Waals surface area contributed by atoms with Gasteiger partial charge in [0.1, 0.15) is 5.82 Å². The van der Waals surface area contributed by atoms with Crippen molar-refractivity contribution in [1.82, 2.24) is 9.80 Å². The number of halogens is 2. The minimum atomic E-state index is -2.93. The predicted octanol–water partition coefficient (Wildman–Crippen LogP) is 1.39. The maximum absolute atomic E-state index is 13.8. The number of nitrogens with zero attached hydrogens (tertiary/aromatic N) is 2. The van der Waals surface area contributed by atoms with Crippen molar-refractivity contribution in [1.29, 1.82) is 0 Å². The summed E-state index contributed by atoms with van der Waals surface area (Å²) in [5, 5.41) is 0.425. The van der Waals surface area contributed by atoms with Gasteiger partial charge in [0, 0.05) is 49.4 Å². The van der Waals surface area contributed by atoms with E-state index in [0.717, 1.165) is 13.1 Å². The van der Waals surface area contributed by atoms with Crippen LogP contribution in [0.2, 0.25) is 5.02 Å². The van der Waals surface area contributed by atoms with Crippen molar-refractivity contribution in [3.05, 3.63) is 34.6 Å². The van der Waals surface area contributed by atoms with E-state index in [9.17, 15) is 12.8 Å². The smallest absolute Gasteiger partial charge is 0.153 e. The van der Waals surface area contributed by atoms with E-state index >= 15 is 0 Å². The van der Waals surface area contributed by atoms with Gasteiger partial charge in [-0.05, 0) is 12.1 Å². The molecule has 116 valence electrons. The molecule has 2 aliphatic rings. The number of piperazine rings is 1. The molecule has 1 atom stereocenters.